The van der Waals surface area contributed by atoms with Crippen molar-refractivity contribution in [3.05, 3.63) is 28.2 Å². The van der Waals surface area contributed by atoms with E-state index in [1.165, 1.54) is 22.5 Å². The molecule has 1 aromatic carbocycles. The van der Waals surface area contributed by atoms with Crippen molar-refractivity contribution in [1.29, 1.82) is 5.26 Å². The van der Waals surface area contributed by atoms with Crippen molar-refractivity contribution in [2.24, 2.45) is 5.92 Å². The smallest absolute Gasteiger partial charge is 0.207 e. The van der Waals surface area contributed by atoms with Gasteiger partial charge in [0.25, 0.3) is 0 Å². The van der Waals surface area contributed by atoms with Crippen LogP contribution in [-0.2, 0) is 10.0 Å². The average molecular weight is 319 g/mol. The van der Waals surface area contributed by atoms with Crippen LogP contribution in [-0.4, -0.2) is 25.8 Å². The number of hydrogen-bond donors (Lipinski definition) is 0. The highest BCUT2D eigenvalue weighted by molar-refractivity contribution is 7.89. The Hall–Kier alpha value is -0.800. The number of nitrogens with zero attached hydrogens (tertiary/aromatic N) is 2. The Kier molecular flexibility index (Phi) is 4.36. The molecule has 0 aromatic heterocycles. The van der Waals surface area contributed by atoms with Crippen molar-refractivity contribution in [1.82, 2.24) is 4.31 Å². The van der Waals surface area contributed by atoms with E-state index >= 15 is 0 Å². The van der Waals surface area contributed by atoms with E-state index in [0.717, 1.165) is 6.42 Å². The van der Waals surface area contributed by atoms with Crippen LogP contribution in [0.3, 0.4) is 0 Å². The molecule has 1 saturated heterocycles. The Morgan fingerprint density at radius 2 is 2.11 bits per heavy atom. The molecule has 1 unspecified atom stereocenters. The number of nitriles is 1. The molecule has 0 radical (unpaired) electrons. The molecule has 1 fully saturated rings. The van der Waals surface area contributed by atoms with Crippen molar-refractivity contribution >= 4 is 33.2 Å². The van der Waals surface area contributed by atoms with Gasteiger partial charge < -0.3 is 0 Å². The molecule has 102 valence electrons. The van der Waals surface area contributed by atoms with Crippen LogP contribution in [0.4, 0.5) is 0 Å². The summed E-state index contributed by atoms with van der Waals surface area (Å²) in [4.78, 5) is 0.000237. The van der Waals surface area contributed by atoms with Crippen LogP contribution in [0.25, 0.3) is 0 Å². The normalized spacial score (nSPS) is 21.0. The van der Waals surface area contributed by atoms with Gasteiger partial charge >= 0.3 is 0 Å². The first-order valence-electron chi connectivity index (χ1n) is 5.80. The summed E-state index contributed by atoms with van der Waals surface area (Å²) < 4.78 is 26.3. The second kappa shape index (κ2) is 5.68. The summed E-state index contributed by atoms with van der Waals surface area (Å²) in [5.74, 6) is -0.263. The molecule has 0 aliphatic carbocycles. The van der Waals surface area contributed by atoms with E-state index in [1.54, 1.807) is 0 Å². The Morgan fingerprint density at radius 3 is 2.79 bits per heavy atom. The van der Waals surface area contributed by atoms with Crippen LogP contribution in [0, 0.1) is 17.2 Å². The lowest BCUT2D eigenvalue weighted by molar-refractivity contribution is 0.305. The summed E-state index contributed by atoms with van der Waals surface area (Å²) in [5, 5.41) is 9.38. The first-order valence-corrected chi connectivity index (χ1v) is 7.99. The zero-order valence-electron chi connectivity index (χ0n) is 10.0. The summed E-state index contributed by atoms with van der Waals surface area (Å²) in [6.45, 7) is 0.616. The molecule has 0 bridgehead atoms. The van der Waals surface area contributed by atoms with Gasteiger partial charge in [-0.1, -0.05) is 23.2 Å². The van der Waals surface area contributed by atoms with E-state index < -0.39 is 10.0 Å². The second-order valence-corrected chi connectivity index (χ2v) is 7.16. The van der Waals surface area contributed by atoms with Crippen molar-refractivity contribution in [2.75, 3.05) is 13.1 Å². The van der Waals surface area contributed by atoms with Crippen LogP contribution >= 0.6 is 23.2 Å². The predicted molar refractivity (Wildman–Crippen MR) is 73.6 cm³/mol. The molecule has 0 saturated carbocycles. The number of hydrogen-bond acceptors (Lipinski definition) is 3. The van der Waals surface area contributed by atoms with Gasteiger partial charge in [0.2, 0.25) is 10.0 Å². The summed E-state index contributed by atoms with van der Waals surface area (Å²) in [6, 6.07) is 6.46. The molecule has 2 rings (SSSR count). The fraction of sp³-hybridized carbons (Fsp3) is 0.417. The fourth-order valence-corrected chi connectivity index (χ4v) is 4.34. The van der Waals surface area contributed by atoms with E-state index in [-0.39, 0.29) is 22.4 Å². The van der Waals surface area contributed by atoms with E-state index in [0.29, 0.717) is 18.0 Å². The molecule has 19 heavy (non-hydrogen) atoms. The zero-order valence-corrected chi connectivity index (χ0v) is 12.3. The van der Waals surface area contributed by atoms with Crippen molar-refractivity contribution < 1.29 is 8.42 Å². The molecule has 0 amide bonds. The monoisotopic (exact) mass is 318 g/mol. The first-order chi connectivity index (χ1) is 8.95. The standard InChI is InChI=1S/C12H12Cl2N2O2S/c13-10-3-4-11(14)12(6-10)19(17,18)16-5-1-2-9(7-15)8-16/h3-4,6,9H,1-2,5,8H2. The van der Waals surface area contributed by atoms with E-state index in [4.69, 9.17) is 28.5 Å². The molecule has 0 N–H and O–H groups in total. The Balaban J connectivity index is 2.37. The van der Waals surface area contributed by atoms with Gasteiger partial charge in [0, 0.05) is 18.1 Å². The minimum Gasteiger partial charge on any atom is -0.207 e. The Bertz CT molecular complexity index is 625. The van der Waals surface area contributed by atoms with Gasteiger partial charge in [-0.05, 0) is 31.0 Å². The number of benzene rings is 1. The Labute approximate surface area is 122 Å². The summed E-state index contributed by atoms with van der Waals surface area (Å²) in [6.07, 6.45) is 1.40. The fourth-order valence-electron chi connectivity index (χ4n) is 2.08. The third-order valence-electron chi connectivity index (χ3n) is 3.08. The predicted octanol–water partition coefficient (Wildman–Crippen LogP) is 2.92. The first kappa shape index (κ1) is 14.6. The average Bonchev–Trinajstić information content (AvgIpc) is 2.41. The zero-order chi connectivity index (χ0) is 14.0. The maximum Gasteiger partial charge on any atom is 0.244 e. The highest BCUT2D eigenvalue weighted by Crippen LogP contribution is 2.30. The Morgan fingerprint density at radius 1 is 1.37 bits per heavy atom. The number of halogens is 2. The quantitative estimate of drug-likeness (QED) is 0.842. The van der Waals surface area contributed by atoms with Crippen molar-refractivity contribution in [3.8, 4) is 6.07 Å². The van der Waals surface area contributed by atoms with Crippen LogP contribution in [0.1, 0.15) is 12.8 Å². The highest BCUT2D eigenvalue weighted by atomic mass is 35.5. The molecule has 1 heterocycles. The lowest BCUT2D eigenvalue weighted by Gasteiger charge is -2.29. The van der Waals surface area contributed by atoms with Crippen LogP contribution in [0.2, 0.25) is 10.0 Å². The third-order valence-corrected chi connectivity index (χ3v) is 5.66. The molecule has 4 nitrogen and oxygen atoms in total. The molecule has 1 aromatic rings. The lowest BCUT2D eigenvalue weighted by Crippen LogP contribution is -2.39. The van der Waals surface area contributed by atoms with Crippen LogP contribution in [0.15, 0.2) is 23.1 Å². The number of rotatable bonds is 2. The van der Waals surface area contributed by atoms with Gasteiger partial charge in [-0.15, -0.1) is 0 Å². The highest BCUT2D eigenvalue weighted by Gasteiger charge is 2.31. The minimum absolute atomic E-state index is 0.000237. The van der Waals surface area contributed by atoms with Gasteiger partial charge in [0.15, 0.2) is 0 Å². The number of piperidine rings is 1. The lowest BCUT2D eigenvalue weighted by atomic mass is 10.0. The van der Waals surface area contributed by atoms with Gasteiger partial charge in [0.05, 0.1) is 17.0 Å². The molecule has 1 atom stereocenters. The van der Waals surface area contributed by atoms with Gasteiger partial charge in [-0.25, -0.2) is 8.42 Å². The SMILES string of the molecule is N#CC1CCCN(S(=O)(=O)c2cc(Cl)ccc2Cl)C1. The van der Waals surface area contributed by atoms with Crippen LogP contribution in [0.5, 0.6) is 0 Å². The molecule has 0 spiro atoms. The van der Waals surface area contributed by atoms with Crippen molar-refractivity contribution in [2.45, 2.75) is 17.7 Å². The largest absolute Gasteiger partial charge is 0.244 e. The van der Waals surface area contributed by atoms with E-state index in [2.05, 4.69) is 6.07 Å². The molecule has 7 heteroatoms. The molecular formula is C12H12Cl2N2O2S. The van der Waals surface area contributed by atoms with Crippen molar-refractivity contribution in [3.63, 3.8) is 0 Å². The second-order valence-electron chi connectivity index (χ2n) is 4.41. The van der Waals surface area contributed by atoms with Gasteiger partial charge in [0.1, 0.15) is 4.90 Å². The molecule has 1 aliphatic heterocycles. The topological polar surface area (TPSA) is 61.2 Å². The van der Waals surface area contributed by atoms with Gasteiger partial charge in [-0.3, -0.25) is 0 Å². The summed E-state index contributed by atoms with van der Waals surface area (Å²) in [7, 11) is -3.69. The number of sulfonamides is 1. The van der Waals surface area contributed by atoms with E-state index in [9.17, 15) is 8.42 Å². The van der Waals surface area contributed by atoms with Gasteiger partial charge in [-0.2, -0.15) is 9.57 Å². The summed E-state index contributed by atoms with van der Waals surface area (Å²) >= 11 is 11.8. The summed E-state index contributed by atoms with van der Waals surface area (Å²) in [5.41, 5.74) is 0. The van der Waals surface area contributed by atoms with E-state index in [1.807, 2.05) is 0 Å². The minimum atomic E-state index is -3.69. The molecule has 1 aliphatic rings. The van der Waals surface area contributed by atoms with Crippen LogP contribution < -0.4 is 0 Å². The maximum absolute atomic E-state index is 12.5. The maximum atomic E-state index is 12.5. The molecular weight excluding hydrogens is 307 g/mol. The third kappa shape index (κ3) is 3.03.